The summed E-state index contributed by atoms with van der Waals surface area (Å²) >= 11 is 1.50. The fraction of sp³-hybridized carbons (Fsp3) is 0.444. The number of nitrogens with zero attached hydrogens (tertiary/aromatic N) is 2. The SMILES string of the molecule is Cc1nc(C(C)C)sc1C(=O)N1CCC[C@H]1c1ccc(F)cc1. The van der Waals surface area contributed by atoms with Crippen molar-refractivity contribution in [2.24, 2.45) is 0 Å². The highest BCUT2D eigenvalue weighted by molar-refractivity contribution is 7.13. The van der Waals surface area contributed by atoms with Crippen LogP contribution in [-0.2, 0) is 0 Å². The Bertz CT molecular complexity index is 708. The second-order valence-corrected chi connectivity index (χ2v) is 7.36. The third kappa shape index (κ3) is 3.15. The van der Waals surface area contributed by atoms with Crippen molar-refractivity contribution in [3.63, 3.8) is 0 Å². The van der Waals surface area contributed by atoms with Gasteiger partial charge < -0.3 is 4.90 Å². The van der Waals surface area contributed by atoms with Crippen molar-refractivity contribution in [2.45, 2.75) is 45.6 Å². The molecule has 2 aromatic rings. The van der Waals surface area contributed by atoms with Gasteiger partial charge in [0.1, 0.15) is 10.7 Å². The van der Waals surface area contributed by atoms with Crippen LogP contribution in [-0.4, -0.2) is 22.3 Å². The van der Waals surface area contributed by atoms with E-state index >= 15 is 0 Å². The van der Waals surface area contributed by atoms with Crippen molar-refractivity contribution in [1.82, 2.24) is 9.88 Å². The number of hydrogen-bond acceptors (Lipinski definition) is 3. The summed E-state index contributed by atoms with van der Waals surface area (Å²) in [6, 6.07) is 6.53. The van der Waals surface area contributed by atoms with Gasteiger partial charge in [0.15, 0.2) is 0 Å². The molecule has 1 aromatic heterocycles. The summed E-state index contributed by atoms with van der Waals surface area (Å²) in [5, 5.41) is 1.00. The zero-order valence-corrected chi connectivity index (χ0v) is 14.5. The van der Waals surface area contributed by atoms with Crippen LogP contribution in [0.2, 0.25) is 0 Å². The molecule has 1 fully saturated rings. The summed E-state index contributed by atoms with van der Waals surface area (Å²) in [6.45, 7) is 6.82. The third-order valence-corrected chi connectivity index (χ3v) is 5.72. The molecule has 1 aliphatic heterocycles. The minimum atomic E-state index is -0.246. The van der Waals surface area contributed by atoms with Crippen LogP contribution in [0.5, 0.6) is 0 Å². The molecule has 0 spiro atoms. The van der Waals surface area contributed by atoms with E-state index in [0.717, 1.165) is 40.5 Å². The third-order valence-electron chi connectivity index (χ3n) is 4.27. The lowest BCUT2D eigenvalue weighted by atomic mass is 10.0. The number of aromatic nitrogens is 1. The number of amides is 1. The Morgan fingerprint density at radius 2 is 2.04 bits per heavy atom. The molecule has 1 aliphatic rings. The van der Waals surface area contributed by atoms with Gasteiger partial charge in [-0.05, 0) is 37.5 Å². The maximum absolute atomic E-state index is 13.1. The van der Waals surface area contributed by atoms with Crippen LogP contribution >= 0.6 is 11.3 Å². The number of carbonyl (C=O) groups excluding carboxylic acids is 1. The zero-order valence-electron chi connectivity index (χ0n) is 13.7. The van der Waals surface area contributed by atoms with Gasteiger partial charge >= 0.3 is 0 Å². The molecule has 23 heavy (non-hydrogen) atoms. The van der Waals surface area contributed by atoms with Gasteiger partial charge in [0.2, 0.25) is 0 Å². The predicted molar refractivity (Wildman–Crippen MR) is 90.4 cm³/mol. The Labute approximate surface area is 140 Å². The standard InChI is InChI=1S/C18H21FN2OS/c1-11(2)17-20-12(3)16(23-17)18(22)21-10-4-5-15(21)13-6-8-14(19)9-7-13/h6-9,11,15H,4-5,10H2,1-3H3/t15-/m0/s1. The molecule has 1 atom stereocenters. The number of likely N-dealkylation sites (tertiary alicyclic amines) is 1. The first kappa shape index (κ1) is 16.1. The Morgan fingerprint density at radius 3 is 2.65 bits per heavy atom. The molecule has 0 saturated carbocycles. The molecule has 3 nitrogen and oxygen atoms in total. The van der Waals surface area contributed by atoms with Gasteiger partial charge in [-0.2, -0.15) is 0 Å². The van der Waals surface area contributed by atoms with Crippen LogP contribution in [0.3, 0.4) is 0 Å². The molecule has 3 rings (SSSR count). The summed E-state index contributed by atoms with van der Waals surface area (Å²) in [7, 11) is 0. The minimum Gasteiger partial charge on any atom is -0.331 e. The number of aryl methyl sites for hydroxylation is 1. The van der Waals surface area contributed by atoms with Crippen molar-refractivity contribution >= 4 is 17.2 Å². The molecular formula is C18H21FN2OS. The lowest BCUT2D eigenvalue weighted by Gasteiger charge is -2.24. The Hall–Kier alpha value is -1.75. The molecular weight excluding hydrogens is 311 g/mol. The Balaban J connectivity index is 1.87. The van der Waals surface area contributed by atoms with Gasteiger partial charge in [-0.25, -0.2) is 9.37 Å². The van der Waals surface area contributed by atoms with E-state index in [0.29, 0.717) is 5.92 Å². The zero-order chi connectivity index (χ0) is 16.6. The molecule has 0 radical (unpaired) electrons. The van der Waals surface area contributed by atoms with E-state index in [1.807, 2.05) is 11.8 Å². The van der Waals surface area contributed by atoms with Crippen LogP contribution in [0.25, 0.3) is 0 Å². The number of rotatable bonds is 3. The molecule has 1 amide bonds. The van der Waals surface area contributed by atoms with E-state index in [1.54, 1.807) is 12.1 Å². The first-order valence-electron chi connectivity index (χ1n) is 8.01. The first-order valence-corrected chi connectivity index (χ1v) is 8.82. The monoisotopic (exact) mass is 332 g/mol. The van der Waals surface area contributed by atoms with E-state index in [-0.39, 0.29) is 17.8 Å². The first-order chi connectivity index (χ1) is 11.0. The average molecular weight is 332 g/mol. The summed E-state index contributed by atoms with van der Waals surface area (Å²) in [5.41, 5.74) is 1.82. The lowest BCUT2D eigenvalue weighted by Crippen LogP contribution is -2.30. The van der Waals surface area contributed by atoms with Crippen molar-refractivity contribution in [1.29, 1.82) is 0 Å². The van der Waals surface area contributed by atoms with Gasteiger partial charge in [-0.15, -0.1) is 11.3 Å². The van der Waals surface area contributed by atoms with E-state index in [2.05, 4.69) is 18.8 Å². The summed E-state index contributed by atoms with van der Waals surface area (Å²) in [5.74, 6) is 0.134. The number of carbonyl (C=O) groups is 1. The van der Waals surface area contributed by atoms with E-state index < -0.39 is 0 Å². The van der Waals surface area contributed by atoms with E-state index in [9.17, 15) is 9.18 Å². The predicted octanol–water partition coefficient (Wildman–Crippen LogP) is 4.69. The van der Waals surface area contributed by atoms with Crippen LogP contribution in [0.4, 0.5) is 4.39 Å². The number of hydrogen-bond donors (Lipinski definition) is 0. The fourth-order valence-electron chi connectivity index (χ4n) is 3.03. The minimum absolute atomic E-state index is 0.0344. The van der Waals surface area contributed by atoms with E-state index in [1.165, 1.54) is 23.5 Å². The Kier molecular flexibility index (Phi) is 4.48. The van der Waals surface area contributed by atoms with Gasteiger partial charge in [-0.1, -0.05) is 26.0 Å². The van der Waals surface area contributed by atoms with Crippen molar-refractivity contribution < 1.29 is 9.18 Å². The van der Waals surface area contributed by atoms with Gasteiger partial charge in [0.25, 0.3) is 5.91 Å². The average Bonchev–Trinajstić information content (AvgIpc) is 3.14. The molecule has 122 valence electrons. The second-order valence-electron chi connectivity index (χ2n) is 6.33. The molecule has 1 aromatic carbocycles. The smallest absolute Gasteiger partial charge is 0.266 e. The molecule has 0 aliphatic carbocycles. The van der Waals surface area contributed by atoms with Crippen molar-refractivity contribution in [3.05, 3.63) is 51.2 Å². The molecule has 0 unspecified atom stereocenters. The van der Waals surface area contributed by atoms with Gasteiger partial charge in [-0.3, -0.25) is 4.79 Å². The molecule has 1 saturated heterocycles. The molecule has 2 heterocycles. The summed E-state index contributed by atoms with van der Waals surface area (Å²) in [6.07, 6.45) is 1.90. The van der Waals surface area contributed by atoms with Crippen molar-refractivity contribution in [2.75, 3.05) is 6.54 Å². The number of halogens is 1. The highest BCUT2D eigenvalue weighted by Gasteiger charge is 2.32. The molecule has 0 N–H and O–H groups in total. The highest BCUT2D eigenvalue weighted by atomic mass is 32.1. The fourth-order valence-corrected chi connectivity index (χ4v) is 4.06. The quantitative estimate of drug-likeness (QED) is 0.817. The largest absolute Gasteiger partial charge is 0.331 e. The summed E-state index contributed by atoms with van der Waals surface area (Å²) in [4.78, 5) is 20.2. The molecule has 0 bridgehead atoms. The van der Waals surface area contributed by atoms with Crippen LogP contribution < -0.4 is 0 Å². The lowest BCUT2D eigenvalue weighted by molar-refractivity contribution is 0.0739. The normalized spacial score (nSPS) is 18.0. The summed E-state index contributed by atoms with van der Waals surface area (Å²) < 4.78 is 13.1. The van der Waals surface area contributed by atoms with Gasteiger partial charge in [0, 0.05) is 12.5 Å². The van der Waals surface area contributed by atoms with Crippen LogP contribution in [0.1, 0.15) is 64.6 Å². The number of thiazole rings is 1. The Morgan fingerprint density at radius 1 is 1.35 bits per heavy atom. The van der Waals surface area contributed by atoms with Crippen LogP contribution in [0, 0.1) is 12.7 Å². The second kappa shape index (κ2) is 6.40. The molecule has 5 heteroatoms. The van der Waals surface area contributed by atoms with Crippen LogP contribution in [0.15, 0.2) is 24.3 Å². The van der Waals surface area contributed by atoms with Crippen molar-refractivity contribution in [3.8, 4) is 0 Å². The topological polar surface area (TPSA) is 33.2 Å². The van der Waals surface area contributed by atoms with Gasteiger partial charge in [0.05, 0.1) is 16.7 Å². The number of benzene rings is 1. The van der Waals surface area contributed by atoms with E-state index in [4.69, 9.17) is 0 Å². The maximum atomic E-state index is 13.1. The maximum Gasteiger partial charge on any atom is 0.266 e. The highest BCUT2D eigenvalue weighted by Crippen LogP contribution is 2.35.